The van der Waals surface area contributed by atoms with Crippen LogP contribution in [0.2, 0.25) is 0 Å². The molecule has 0 bridgehead atoms. The molecule has 1 unspecified atom stereocenters. The van der Waals surface area contributed by atoms with Crippen molar-refractivity contribution in [2.24, 2.45) is 0 Å². The van der Waals surface area contributed by atoms with Crippen molar-refractivity contribution in [1.29, 1.82) is 5.26 Å². The van der Waals surface area contributed by atoms with E-state index in [1.807, 2.05) is 37.3 Å². The Hall–Kier alpha value is -1.50. The maximum Gasteiger partial charge on any atom is 0.174 e. The van der Waals surface area contributed by atoms with Crippen LogP contribution in [0.3, 0.4) is 0 Å². The van der Waals surface area contributed by atoms with Gasteiger partial charge in [0.05, 0.1) is 0 Å². The molecule has 17 heavy (non-hydrogen) atoms. The molecule has 90 valence electrons. The monoisotopic (exact) mass is 250 g/mol. The van der Waals surface area contributed by atoms with Gasteiger partial charge >= 0.3 is 0 Å². The van der Waals surface area contributed by atoms with E-state index in [1.54, 1.807) is 0 Å². The van der Waals surface area contributed by atoms with Crippen molar-refractivity contribution in [3.05, 3.63) is 41.4 Å². The Morgan fingerprint density at radius 1 is 1.53 bits per heavy atom. The van der Waals surface area contributed by atoms with E-state index in [1.165, 1.54) is 0 Å². The summed E-state index contributed by atoms with van der Waals surface area (Å²) in [4.78, 5) is 0. The second-order valence-corrected chi connectivity index (χ2v) is 4.17. The summed E-state index contributed by atoms with van der Waals surface area (Å²) in [5.41, 5.74) is 1.13. The van der Waals surface area contributed by atoms with E-state index in [0.29, 0.717) is 17.3 Å². The fourth-order valence-corrected chi connectivity index (χ4v) is 1.43. The minimum absolute atomic E-state index is 0.0687. The highest BCUT2D eigenvalue weighted by atomic mass is 35.5. The zero-order valence-corrected chi connectivity index (χ0v) is 10.5. The topological polar surface area (TPSA) is 45.0 Å². The lowest BCUT2D eigenvalue weighted by atomic mass is 10.1. The molecule has 1 aromatic rings. The highest BCUT2D eigenvalue weighted by molar-refractivity contribution is 6.29. The summed E-state index contributed by atoms with van der Waals surface area (Å²) in [5.74, 6) is 0.698. The summed E-state index contributed by atoms with van der Waals surface area (Å²) in [6.07, 6.45) is 0. The molecule has 0 aliphatic carbocycles. The number of benzene rings is 1. The number of nitrogens with zero attached hydrogens (tertiary/aromatic N) is 1. The fourth-order valence-electron chi connectivity index (χ4n) is 1.35. The zero-order valence-electron chi connectivity index (χ0n) is 9.74. The maximum atomic E-state index is 8.39. The van der Waals surface area contributed by atoms with Crippen LogP contribution in [-0.4, -0.2) is 13.2 Å². The van der Waals surface area contributed by atoms with Gasteiger partial charge in [-0.1, -0.05) is 30.3 Å². The van der Waals surface area contributed by atoms with Crippen molar-refractivity contribution in [3.8, 4) is 11.8 Å². The van der Waals surface area contributed by atoms with Crippen LogP contribution in [-0.2, 0) is 0 Å². The summed E-state index contributed by atoms with van der Waals surface area (Å²) in [6.45, 7) is 6.31. The van der Waals surface area contributed by atoms with Crippen molar-refractivity contribution in [2.75, 3.05) is 13.2 Å². The van der Waals surface area contributed by atoms with Crippen molar-refractivity contribution in [3.63, 3.8) is 0 Å². The Morgan fingerprint density at radius 2 is 2.18 bits per heavy atom. The molecule has 0 amide bonds. The Morgan fingerprint density at radius 3 is 2.71 bits per heavy atom. The molecule has 0 heterocycles. The SMILES string of the molecule is C=C(Cl)CNC(C)c1ccc(OCC#N)cc1. The number of hydrogen-bond donors (Lipinski definition) is 1. The average molecular weight is 251 g/mol. The van der Waals surface area contributed by atoms with Gasteiger partial charge in [-0.3, -0.25) is 0 Å². The first-order valence-corrected chi connectivity index (χ1v) is 5.67. The molecule has 3 nitrogen and oxygen atoms in total. The standard InChI is InChI=1S/C13H15ClN2O/c1-10(14)9-16-11(2)12-3-5-13(6-4-12)17-8-7-15/h3-6,11,16H,1,8-9H2,2H3. The van der Waals surface area contributed by atoms with Gasteiger partial charge in [-0.25, -0.2) is 0 Å². The highest BCUT2D eigenvalue weighted by Gasteiger charge is 2.04. The molecule has 0 fully saturated rings. The third kappa shape index (κ3) is 4.90. The van der Waals surface area contributed by atoms with Gasteiger partial charge in [0.2, 0.25) is 0 Å². The second-order valence-electron chi connectivity index (χ2n) is 3.64. The number of nitrogens with one attached hydrogen (secondary N) is 1. The predicted molar refractivity (Wildman–Crippen MR) is 69.0 cm³/mol. The van der Waals surface area contributed by atoms with E-state index in [9.17, 15) is 0 Å². The van der Waals surface area contributed by atoms with Crippen molar-refractivity contribution in [1.82, 2.24) is 5.32 Å². The largest absolute Gasteiger partial charge is 0.479 e. The predicted octanol–water partition coefficient (Wildman–Crippen LogP) is 2.99. The van der Waals surface area contributed by atoms with Crippen LogP contribution < -0.4 is 10.1 Å². The third-order valence-corrected chi connectivity index (χ3v) is 2.42. The molecule has 0 aromatic heterocycles. The minimum atomic E-state index is 0.0687. The van der Waals surface area contributed by atoms with Gasteiger partial charge in [0, 0.05) is 17.6 Å². The lowest BCUT2D eigenvalue weighted by molar-refractivity contribution is 0.368. The van der Waals surface area contributed by atoms with Crippen LogP contribution >= 0.6 is 11.6 Å². The van der Waals surface area contributed by atoms with Crippen LogP contribution in [0.15, 0.2) is 35.9 Å². The first-order chi connectivity index (χ1) is 8.13. The smallest absolute Gasteiger partial charge is 0.174 e. The van der Waals surface area contributed by atoms with Gasteiger partial charge in [0.1, 0.15) is 11.8 Å². The fraction of sp³-hybridized carbons (Fsp3) is 0.308. The second kappa shape index (κ2) is 6.95. The quantitative estimate of drug-likeness (QED) is 0.844. The van der Waals surface area contributed by atoms with E-state index >= 15 is 0 Å². The lowest BCUT2D eigenvalue weighted by Crippen LogP contribution is -2.19. The highest BCUT2D eigenvalue weighted by Crippen LogP contribution is 2.17. The zero-order chi connectivity index (χ0) is 12.7. The number of ether oxygens (including phenoxy) is 1. The number of nitriles is 1. The molecular weight excluding hydrogens is 236 g/mol. The van der Waals surface area contributed by atoms with Gasteiger partial charge in [-0.05, 0) is 24.6 Å². The molecule has 1 rings (SSSR count). The van der Waals surface area contributed by atoms with Gasteiger partial charge in [-0.15, -0.1) is 0 Å². The third-order valence-electron chi connectivity index (χ3n) is 2.28. The molecule has 0 radical (unpaired) electrons. The van der Waals surface area contributed by atoms with Crippen molar-refractivity contribution in [2.45, 2.75) is 13.0 Å². The van der Waals surface area contributed by atoms with Crippen molar-refractivity contribution >= 4 is 11.6 Å². The molecule has 0 saturated heterocycles. The summed E-state index contributed by atoms with van der Waals surface area (Å²) >= 11 is 5.68. The molecule has 0 spiro atoms. The van der Waals surface area contributed by atoms with Crippen LogP contribution in [0.5, 0.6) is 5.75 Å². The summed E-state index contributed by atoms with van der Waals surface area (Å²) < 4.78 is 5.17. The van der Waals surface area contributed by atoms with Gasteiger partial charge in [0.15, 0.2) is 6.61 Å². The molecule has 0 saturated carbocycles. The van der Waals surface area contributed by atoms with E-state index in [0.717, 1.165) is 5.56 Å². The van der Waals surface area contributed by atoms with E-state index in [4.69, 9.17) is 21.6 Å². The first kappa shape index (κ1) is 13.6. The molecule has 1 atom stereocenters. The molecule has 1 aromatic carbocycles. The average Bonchev–Trinajstić information content (AvgIpc) is 2.34. The van der Waals surface area contributed by atoms with Crippen molar-refractivity contribution < 1.29 is 4.74 Å². The summed E-state index contributed by atoms with van der Waals surface area (Å²) in [5, 5.41) is 12.2. The van der Waals surface area contributed by atoms with Crippen LogP contribution in [0.25, 0.3) is 0 Å². The van der Waals surface area contributed by atoms with E-state index < -0.39 is 0 Å². The Balaban J connectivity index is 2.54. The Kier molecular flexibility index (Phi) is 5.55. The number of hydrogen-bond acceptors (Lipinski definition) is 3. The molecule has 4 heteroatoms. The maximum absolute atomic E-state index is 8.39. The van der Waals surface area contributed by atoms with Gasteiger partial charge < -0.3 is 10.1 Å². The van der Waals surface area contributed by atoms with Crippen LogP contribution in [0.4, 0.5) is 0 Å². The molecular formula is C13H15ClN2O. The van der Waals surface area contributed by atoms with E-state index in [-0.39, 0.29) is 12.6 Å². The molecule has 0 aliphatic heterocycles. The van der Waals surface area contributed by atoms with Gasteiger partial charge in [-0.2, -0.15) is 5.26 Å². The first-order valence-electron chi connectivity index (χ1n) is 5.30. The number of halogens is 1. The lowest BCUT2D eigenvalue weighted by Gasteiger charge is -2.14. The Bertz CT molecular complexity index is 408. The van der Waals surface area contributed by atoms with E-state index in [2.05, 4.69) is 11.9 Å². The molecule has 0 aliphatic rings. The molecule has 1 N–H and O–H groups in total. The minimum Gasteiger partial charge on any atom is -0.479 e. The summed E-state index contributed by atoms with van der Waals surface area (Å²) in [7, 11) is 0. The van der Waals surface area contributed by atoms with Crippen LogP contribution in [0, 0.1) is 11.3 Å². The normalized spacial score (nSPS) is 11.6. The summed E-state index contributed by atoms with van der Waals surface area (Å²) in [6, 6.07) is 9.73. The Labute approximate surface area is 107 Å². The van der Waals surface area contributed by atoms with Crippen LogP contribution in [0.1, 0.15) is 18.5 Å². The number of rotatable bonds is 6. The van der Waals surface area contributed by atoms with Gasteiger partial charge in [0.25, 0.3) is 0 Å².